The summed E-state index contributed by atoms with van der Waals surface area (Å²) in [5.41, 5.74) is -0.890. The van der Waals surface area contributed by atoms with E-state index in [0.717, 1.165) is 0 Å². The molecule has 0 fully saturated rings. The van der Waals surface area contributed by atoms with Crippen LogP contribution in [0, 0.1) is 5.41 Å². The summed E-state index contributed by atoms with van der Waals surface area (Å²) in [6.07, 6.45) is -0.246. The number of carbonyl (C=O) groups is 1. The van der Waals surface area contributed by atoms with Crippen molar-refractivity contribution in [3.63, 3.8) is 0 Å². The first-order chi connectivity index (χ1) is 10.3. The maximum atomic E-state index is 11.8. The van der Waals surface area contributed by atoms with Gasteiger partial charge in [-0.15, -0.1) is 0 Å². The van der Waals surface area contributed by atoms with Crippen LogP contribution in [0.25, 0.3) is 0 Å². The average molecular weight is 333 g/mol. The molecular formula is C13H21ClN4O4. The number of hydrogen-bond donors (Lipinski definition) is 3. The van der Waals surface area contributed by atoms with Gasteiger partial charge in [0.15, 0.2) is 0 Å². The predicted octanol–water partition coefficient (Wildman–Crippen LogP) is -0.0382. The van der Waals surface area contributed by atoms with Crippen LogP contribution in [0.15, 0.2) is 0 Å². The summed E-state index contributed by atoms with van der Waals surface area (Å²) in [4.78, 5) is 23.5. The zero-order valence-corrected chi connectivity index (χ0v) is 13.6. The largest absolute Gasteiger partial charge is 0.467 e. The van der Waals surface area contributed by atoms with E-state index in [1.165, 1.54) is 7.11 Å². The number of aryl methyl sites for hydroxylation is 1. The van der Waals surface area contributed by atoms with Crippen LogP contribution >= 0.6 is 11.6 Å². The zero-order chi connectivity index (χ0) is 16.8. The Balaban J connectivity index is 2.42. The Hall–Kier alpha value is -1.51. The van der Waals surface area contributed by atoms with E-state index >= 15 is 0 Å². The molecule has 3 N–H and O–H groups in total. The monoisotopic (exact) mass is 332 g/mol. The van der Waals surface area contributed by atoms with Gasteiger partial charge >= 0.3 is 6.01 Å². The van der Waals surface area contributed by atoms with E-state index in [0.29, 0.717) is 25.2 Å². The summed E-state index contributed by atoms with van der Waals surface area (Å²) in [6, 6.07) is 0.138. The van der Waals surface area contributed by atoms with Gasteiger partial charge in [-0.1, -0.05) is 13.8 Å². The molecule has 0 aliphatic carbocycles. The number of rotatable bonds is 8. The van der Waals surface area contributed by atoms with E-state index in [9.17, 15) is 9.90 Å². The van der Waals surface area contributed by atoms with Crippen LogP contribution < -0.4 is 10.1 Å². The predicted molar refractivity (Wildman–Crippen MR) is 79.6 cm³/mol. The first kappa shape index (κ1) is 18.5. The first-order valence-electron chi connectivity index (χ1n) is 6.81. The smallest absolute Gasteiger partial charge is 0.320 e. The molecule has 1 atom stereocenters. The highest BCUT2D eigenvalue weighted by Crippen LogP contribution is 2.19. The minimum atomic E-state index is -1.27. The van der Waals surface area contributed by atoms with Crippen molar-refractivity contribution in [1.82, 2.24) is 20.3 Å². The second-order valence-corrected chi connectivity index (χ2v) is 5.79. The fraction of sp³-hybridized carbons (Fsp3) is 0.692. The first-order valence-corrected chi connectivity index (χ1v) is 7.19. The number of aliphatic hydroxyl groups excluding tert-OH is 2. The zero-order valence-electron chi connectivity index (χ0n) is 12.8. The highest BCUT2D eigenvalue weighted by molar-refractivity contribution is 6.28. The number of amides is 1. The molecule has 1 aromatic heterocycles. The van der Waals surface area contributed by atoms with Gasteiger partial charge in [0.25, 0.3) is 0 Å². The van der Waals surface area contributed by atoms with E-state index in [1.54, 1.807) is 13.8 Å². The van der Waals surface area contributed by atoms with Gasteiger partial charge in [-0.25, -0.2) is 4.98 Å². The Bertz CT molecular complexity index is 513. The molecule has 1 amide bonds. The fourth-order valence-corrected chi connectivity index (χ4v) is 1.74. The topological polar surface area (TPSA) is 117 Å². The SMILES string of the molecule is COc1nc(Cl)nc(CCCNC(=O)C(O)C(C)(C)CO)n1. The van der Waals surface area contributed by atoms with Crippen molar-refractivity contribution in [3.05, 3.63) is 11.1 Å². The van der Waals surface area contributed by atoms with Crippen molar-refractivity contribution in [2.75, 3.05) is 20.3 Å². The highest BCUT2D eigenvalue weighted by Gasteiger charge is 2.32. The van der Waals surface area contributed by atoms with Gasteiger partial charge < -0.3 is 20.3 Å². The highest BCUT2D eigenvalue weighted by atomic mass is 35.5. The number of halogens is 1. The van der Waals surface area contributed by atoms with Gasteiger partial charge in [0, 0.05) is 18.4 Å². The summed E-state index contributed by atoms with van der Waals surface area (Å²) >= 11 is 5.73. The molecule has 1 heterocycles. The van der Waals surface area contributed by atoms with E-state index in [1.807, 2.05) is 0 Å². The number of nitrogens with zero attached hydrogens (tertiary/aromatic N) is 3. The molecule has 0 aliphatic heterocycles. The van der Waals surface area contributed by atoms with Crippen LogP contribution in [0.3, 0.4) is 0 Å². The van der Waals surface area contributed by atoms with Crippen LogP contribution in [0.5, 0.6) is 6.01 Å². The molecule has 8 nitrogen and oxygen atoms in total. The van der Waals surface area contributed by atoms with Crippen LogP contribution in [0.4, 0.5) is 0 Å². The Morgan fingerprint density at radius 2 is 2.09 bits per heavy atom. The number of carbonyl (C=O) groups excluding carboxylic acids is 1. The van der Waals surface area contributed by atoms with Gasteiger partial charge in [-0.05, 0) is 18.0 Å². The third-order valence-corrected chi connectivity index (χ3v) is 3.26. The normalized spacial score (nSPS) is 12.8. The fourth-order valence-electron chi connectivity index (χ4n) is 1.57. The summed E-state index contributed by atoms with van der Waals surface area (Å²) in [6.45, 7) is 3.26. The molecule has 0 bridgehead atoms. The number of nitrogens with one attached hydrogen (secondary N) is 1. The maximum Gasteiger partial charge on any atom is 0.320 e. The molecule has 0 saturated carbocycles. The van der Waals surface area contributed by atoms with Crippen molar-refractivity contribution in [2.45, 2.75) is 32.8 Å². The van der Waals surface area contributed by atoms with Gasteiger partial charge in [-0.2, -0.15) is 9.97 Å². The standard InChI is InChI=1S/C13H21ClN4O4/c1-13(2,7-19)9(20)10(21)15-6-4-5-8-16-11(14)18-12(17-8)22-3/h9,19-20H,4-7H2,1-3H3,(H,15,21). The average Bonchev–Trinajstić information content (AvgIpc) is 2.49. The number of hydrogen-bond acceptors (Lipinski definition) is 7. The summed E-state index contributed by atoms with van der Waals surface area (Å²) in [7, 11) is 1.43. The third-order valence-electron chi connectivity index (χ3n) is 3.09. The molecule has 0 radical (unpaired) electrons. The lowest BCUT2D eigenvalue weighted by Crippen LogP contribution is -2.45. The summed E-state index contributed by atoms with van der Waals surface area (Å²) in [5, 5.41) is 21.6. The quantitative estimate of drug-likeness (QED) is 0.572. The van der Waals surface area contributed by atoms with Crippen molar-refractivity contribution in [3.8, 4) is 6.01 Å². The molecule has 22 heavy (non-hydrogen) atoms. The lowest BCUT2D eigenvalue weighted by atomic mass is 9.87. The maximum absolute atomic E-state index is 11.8. The van der Waals surface area contributed by atoms with Crippen LogP contribution in [0.2, 0.25) is 5.28 Å². The number of aliphatic hydroxyl groups is 2. The molecule has 9 heteroatoms. The number of ether oxygens (including phenoxy) is 1. The molecule has 0 saturated heterocycles. The Morgan fingerprint density at radius 3 is 2.68 bits per heavy atom. The van der Waals surface area contributed by atoms with E-state index < -0.39 is 17.4 Å². The van der Waals surface area contributed by atoms with Gasteiger partial charge in [0.05, 0.1) is 13.7 Å². The molecule has 1 unspecified atom stereocenters. The van der Waals surface area contributed by atoms with Gasteiger partial charge in [0.1, 0.15) is 11.9 Å². The molecular weight excluding hydrogens is 312 g/mol. The van der Waals surface area contributed by atoms with Crippen LogP contribution in [-0.4, -0.2) is 57.4 Å². The minimum absolute atomic E-state index is 0.0472. The molecule has 0 aromatic carbocycles. The van der Waals surface area contributed by atoms with Crippen LogP contribution in [-0.2, 0) is 11.2 Å². The van der Waals surface area contributed by atoms with Gasteiger partial charge in [-0.3, -0.25) is 4.79 Å². The second-order valence-electron chi connectivity index (χ2n) is 5.45. The molecule has 1 rings (SSSR count). The Kier molecular flexibility index (Phi) is 6.92. The summed E-state index contributed by atoms with van der Waals surface area (Å²) < 4.78 is 4.89. The Morgan fingerprint density at radius 1 is 1.41 bits per heavy atom. The van der Waals surface area contributed by atoms with E-state index in [4.69, 9.17) is 21.4 Å². The third kappa shape index (κ3) is 5.36. The lowest BCUT2D eigenvalue weighted by Gasteiger charge is -2.27. The van der Waals surface area contributed by atoms with Gasteiger partial charge in [0.2, 0.25) is 11.2 Å². The van der Waals surface area contributed by atoms with Crippen molar-refractivity contribution in [2.24, 2.45) is 5.41 Å². The van der Waals surface area contributed by atoms with E-state index in [2.05, 4.69) is 20.3 Å². The molecule has 0 spiro atoms. The van der Waals surface area contributed by atoms with Crippen molar-refractivity contribution in [1.29, 1.82) is 0 Å². The molecule has 124 valence electrons. The van der Waals surface area contributed by atoms with Crippen LogP contribution in [0.1, 0.15) is 26.1 Å². The summed E-state index contributed by atoms with van der Waals surface area (Å²) in [5.74, 6) is -0.0624. The molecule has 0 aliphatic rings. The Labute approximate surface area is 133 Å². The van der Waals surface area contributed by atoms with Crippen molar-refractivity contribution < 1.29 is 19.7 Å². The lowest BCUT2D eigenvalue weighted by molar-refractivity contribution is -0.137. The number of aromatic nitrogens is 3. The van der Waals surface area contributed by atoms with Crippen molar-refractivity contribution >= 4 is 17.5 Å². The number of methoxy groups -OCH3 is 1. The van der Waals surface area contributed by atoms with E-state index in [-0.39, 0.29) is 17.9 Å². The molecule has 1 aromatic rings. The second kappa shape index (κ2) is 8.21. The minimum Gasteiger partial charge on any atom is -0.467 e.